The lowest BCUT2D eigenvalue weighted by molar-refractivity contribution is -0.154. The molecule has 1 aromatic carbocycles. The molecule has 0 aromatic heterocycles. The molecule has 0 amide bonds. The van der Waals surface area contributed by atoms with Gasteiger partial charge >= 0.3 is 6.18 Å². The summed E-state index contributed by atoms with van der Waals surface area (Å²) in [6.07, 6.45) is -4.13. The van der Waals surface area contributed by atoms with Crippen molar-refractivity contribution in [2.75, 3.05) is 25.4 Å². The zero-order chi connectivity index (χ0) is 12.6. The van der Waals surface area contributed by atoms with Gasteiger partial charge in [-0.05, 0) is 17.7 Å². The average Bonchev–Trinajstić information content (AvgIpc) is 2.10. The van der Waals surface area contributed by atoms with Gasteiger partial charge in [0.1, 0.15) is 0 Å². The van der Waals surface area contributed by atoms with Gasteiger partial charge < -0.3 is 5.73 Å². The van der Waals surface area contributed by atoms with Crippen LogP contribution in [0.5, 0.6) is 0 Å². The highest BCUT2D eigenvalue weighted by molar-refractivity contribution is 6.31. The molecule has 1 aliphatic rings. The van der Waals surface area contributed by atoms with Gasteiger partial charge in [0.25, 0.3) is 0 Å². The lowest BCUT2D eigenvalue weighted by Gasteiger charge is -2.40. The van der Waals surface area contributed by atoms with Crippen molar-refractivity contribution < 1.29 is 13.2 Å². The number of nitrogens with two attached hydrogens (primary N) is 1. The van der Waals surface area contributed by atoms with Gasteiger partial charge in [0, 0.05) is 29.7 Å². The van der Waals surface area contributed by atoms with Gasteiger partial charge in [-0.3, -0.25) is 4.90 Å². The van der Waals surface area contributed by atoms with Crippen molar-refractivity contribution >= 4 is 17.3 Å². The molecule has 1 heterocycles. The van der Waals surface area contributed by atoms with E-state index in [1.165, 1.54) is 4.90 Å². The number of hydrogen-bond acceptors (Lipinski definition) is 2. The highest BCUT2D eigenvalue weighted by Crippen LogP contribution is 2.34. The van der Waals surface area contributed by atoms with Crippen LogP contribution >= 0.6 is 11.6 Å². The second-order valence-corrected chi connectivity index (χ2v) is 4.69. The summed E-state index contributed by atoms with van der Waals surface area (Å²) in [4.78, 5) is 1.36. The second kappa shape index (κ2) is 4.38. The largest absolute Gasteiger partial charge is 0.401 e. The third-order valence-electron chi connectivity index (χ3n) is 2.82. The minimum Gasteiger partial charge on any atom is -0.399 e. The quantitative estimate of drug-likeness (QED) is 0.833. The number of hydrogen-bond donors (Lipinski definition) is 1. The van der Waals surface area contributed by atoms with Crippen molar-refractivity contribution in [2.45, 2.75) is 12.1 Å². The van der Waals surface area contributed by atoms with E-state index in [0.29, 0.717) is 23.8 Å². The molecule has 0 bridgehead atoms. The Balaban J connectivity index is 1.95. The molecule has 1 aromatic rings. The first kappa shape index (κ1) is 12.5. The molecule has 0 spiro atoms. The summed E-state index contributed by atoms with van der Waals surface area (Å²) in [5.41, 5.74) is 6.99. The first-order valence-corrected chi connectivity index (χ1v) is 5.57. The van der Waals surface area contributed by atoms with E-state index in [1.807, 2.05) is 0 Å². The molecule has 17 heavy (non-hydrogen) atoms. The smallest absolute Gasteiger partial charge is 0.399 e. The molecule has 0 atom stereocenters. The van der Waals surface area contributed by atoms with Crippen LogP contribution in [-0.2, 0) is 0 Å². The van der Waals surface area contributed by atoms with E-state index in [-0.39, 0.29) is 5.92 Å². The fraction of sp³-hybridized carbons (Fsp3) is 0.455. The second-order valence-electron chi connectivity index (χ2n) is 4.29. The Kier molecular flexibility index (Phi) is 3.23. The van der Waals surface area contributed by atoms with Crippen LogP contribution < -0.4 is 5.73 Å². The molecule has 2 rings (SSSR count). The van der Waals surface area contributed by atoms with Crippen molar-refractivity contribution in [3.63, 3.8) is 0 Å². The zero-order valence-electron chi connectivity index (χ0n) is 8.97. The molecule has 2 N–H and O–H groups in total. The van der Waals surface area contributed by atoms with Crippen LogP contribution in [0.4, 0.5) is 18.9 Å². The maximum absolute atomic E-state index is 12.1. The van der Waals surface area contributed by atoms with Crippen LogP contribution in [-0.4, -0.2) is 30.7 Å². The van der Waals surface area contributed by atoms with Gasteiger partial charge in [0.2, 0.25) is 0 Å². The van der Waals surface area contributed by atoms with Gasteiger partial charge in [-0.1, -0.05) is 17.7 Å². The van der Waals surface area contributed by atoms with Crippen LogP contribution in [0.2, 0.25) is 5.02 Å². The summed E-state index contributed by atoms with van der Waals surface area (Å²) in [7, 11) is 0. The number of nitrogen functional groups attached to an aromatic ring is 1. The van der Waals surface area contributed by atoms with E-state index in [4.69, 9.17) is 17.3 Å². The number of benzene rings is 1. The molecule has 1 aliphatic heterocycles. The first-order chi connectivity index (χ1) is 7.85. The van der Waals surface area contributed by atoms with Crippen molar-refractivity contribution in [3.05, 3.63) is 28.8 Å². The lowest BCUT2D eigenvalue weighted by Crippen LogP contribution is -2.49. The molecule has 0 saturated carbocycles. The van der Waals surface area contributed by atoms with Gasteiger partial charge in [-0.25, -0.2) is 0 Å². The van der Waals surface area contributed by atoms with Crippen LogP contribution in [0.3, 0.4) is 0 Å². The van der Waals surface area contributed by atoms with Crippen molar-refractivity contribution in [1.29, 1.82) is 0 Å². The van der Waals surface area contributed by atoms with Crippen molar-refractivity contribution in [3.8, 4) is 0 Å². The monoisotopic (exact) mass is 264 g/mol. The average molecular weight is 265 g/mol. The molecule has 6 heteroatoms. The van der Waals surface area contributed by atoms with E-state index >= 15 is 0 Å². The number of alkyl halides is 3. The normalized spacial score (nSPS) is 18.1. The van der Waals surface area contributed by atoms with Crippen LogP contribution in [0, 0.1) is 0 Å². The topological polar surface area (TPSA) is 29.3 Å². The molecule has 1 saturated heterocycles. The zero-order valence-corrected chi connectivity index (χ0v) is 9.72. The lowest BCUT2D eigenvalue weighted by atomic mass is 9.91. The molecule has 94 valence electrons. The number of anilines is 1. The number of likely N-dealkylation sites (tertiary alicyclic amines) is 1. The van der Waals surface area contributed by atoms with E-state index in [0.717, 1.165) is 5.56 Å². The van der Waals surface area contributed by atoms with Crippen LogP contribution in [0.25, 0.3) is 0 Å². The highest BCUT2D eigenvalue weighted by atomic mass is 35.5. The molecule has 0 unspecified atom stereocenters. The van der Waals surface area contributed by atoms with Crippen LogP contribution in [0.1, 0.15) is 11.5 Å². The summed E-state index contributed by atoms with van der Waals surface area (Å²) in [5, 5.41) is 0.529. The highest BCUT2D eigenvalue weighted by Gasteiger charge is 2.37. The first-order valence-electron chi connectivity index (χ1n) is 5.19. The Labute approximate surface area is 102 Å². The van der Waals surface area contributed by atoms with Gasteiger partial charge in [-0.2, -0.15) is 13.2 Å². The summed E-state index contributed by atoms with van der Waals surface area (Å²) in [6.45, 7) is -0.0671. The van der Waals surface area contributed by atoms with E-state index < -0.39 is 12.7 Å². The maximum atomic E-state index is 12.1. The van der Waals surface area contributed by atoms with Crippen LogP contribution in [0.15, 0.2) is 18.2 Å². The standard InChI is InChI=1S/C11H12ClF3N2/c12-10-3-8(16)1-2-9(10)7-4-17(5-7)6-11(13,14)15/h1-3,7H,4-6,16H2. The Morgan fingerprint density at radius 3 is 2.53 bits per heavy atom. The van der Waals surface area contributed by atoms with Gasteiger partial charge in [-0.15, -0.1) is 0 Å². The molecule has 0 aliphatic carbocycles. The number of nitrogens with zero attached hydrogens (tertiary/aromatic N) is 1. The minimum atomic E-state index is -4.13. The minimum absolute atomic E-state index is 0.0745. The van der Waals surface area contributed by atoms with E-state index in [2.05, 4.69) is 0 Å². The van der Waals surface area contributed by atoms with Gasteiger partial charge in [0.05, 0.1) is 6.54 Å². The van der Waals surface area contributed by atoms with Gasteiger partial charge in [0.15, 0.2) is 0 Å². The molecular formula is C11H12ClF3N2. The number of halogens is 4. The summed E-state index contributed by atoms with van der Waals surface area (Å²) in [6, 6.07) is 5.13. The molecule has 1 fully saturated rings. The van der Waals surface area contributed by atoms with Crippen molar-refractivity contribution in [1.82, 2.24) is 4.90 Å². The van der Waals surface area contributed by atoms with E-state index in [1.54, 1.807) is 18.2 Å². The Morgan fingerprint density at radius 2 is 2.00 bits per heavy atom. The Morgan fingerprint density at radius 1 is 1.35 bits per heavy atom. The molecule has 2 nitrogen and oxygen atoms in total. The number of rotatable bonds is 2. The fourth-order valence-corrected chi connectivity index (χ4v) is 2.37. The summed E-state index contributed by atoms with van der Waals surface area (Å²) >= 11 is 6.00. The Hall–Kier alpha value is -0.940. The third kappa shape index (κ3) is 3.04. The summed E-state index contributed by atoms with van der Waals surface area (Å²) in [5.74, 6) is 0.0745. The fourth-order valence-electron chi connectivity index (χ4n) is 2.02. The molecular weight excluding hydrogens is 253 g/mol. The Bertz CT molecular complexity index is 414. The maximum Gasteiger partial charge on any atom is 0.401 e. The SMILES string of the molecule is Nc1ccc(C2CN(CC(F)(F)F)C2)c(Cl)c1. The predicted molar refractivity (Wildman–Crippen MR) is 61.1 cm³/mol. The molecule has 0 radical (unpaired) electrons. The third-order valence-corrected chi connectivity index (χ3v) is 3.15. The van der Waals surface area contributed by atoms with Crippen molar-refractivity contribution in [2.24, 2.45) is 0 Å². The summed E-state index contributed by atoms with van der Waals surface area (Å²) < 4.78 is 36.3. The van der Waals surface area contributed by atoms with E-state index in [9.17, 15) is 13.2 Å². The predicted octanol–water partition coefficient (Wildman–Crippen LogP) is 2.88.